The van der Waals surface area contributed by atoms with Crippen LogP contribution in [0.25, 0.3) is 5.69 Å². The van der Waals surface area contributed by atoms with Gasteiger partial charge in [-0.2, -0.15) is 4.98 Å². The van der Waals surface area contributed by atoms with Crippen molar-refractivity contribution in [2.75, 3.05) is 12.4 Å². The van der Waals surface area contributed by atoms with Crippen LogP contribution in [0.1, 0.15) is 62.5 Å². The lowest BCUT2D eigenvalue weighted by Crippen LogP contribution is -2.38. The number of nitrogens with one attached hydrogen (secondary N) is 1. The predicted molar refractivity (Wildman–Crippen MR) is 135 cm³/mol. The number of halogens is 2. The first-order valence-electron chi connectivity index (χ1n) is 11.8. The number of carbonyl (C=O) groups is 2. The minimum absolute atomic E-state index is 0.00987. The number of aromatic nitrogens is 2. The number of hydrogen-bond acceptors (Lipinski definition) is 5. The van der Waals surface area contributed by atoms with Crippen LogP contribution in [-0.4, -0.2) is 34.1 Å². The Morgan fingerprint density at radius 2 is 1.67 bits per heavy atom. The van der Waals surface area contributed by atoms with Crippen LogP contribution in [0.5, 0.6) is 6.01 Å². The van der Waals surface area contributed by atoms with E-state index < -0.39 is 22.8 Å². The molecule has 0 aliphatic heterocycles. The van der Waals surface area contributed by atoms with Crippen molar-refractivity contribution in [2.45, 2.75) is 57.5 Å². The third-order valence-electron chi connectivity index (χ3n) is 6.23. The maximum atomic E-state index is 13.8. The van der Waals surface area contributed by atoms with E-state index in [-0.39, 0.29) is 23.4 Å². The Balaban J connectivity index is 1.81. The molecule has 1 aliphatic carbocycles. The molecule has 7 nitrogen and oxygen atoms in total. The number of hydrogen-bond donors (Lipinski definition) is 1. The smallest absolute Gasteiger partial charge is 0.359 e. The molecule has 3 aromatic rings. The van der Waals surface area contributed by atoms with Gasteiger partial charge in [-0.1, -0.05) is 36.6 Å². The van der Waals surface area contributed by atoms with Crippen LogP contribution in [0.4, 0.5) is 10.2 Å². The Morgan fingerprint density at radius 1 is 1.06 bits per heavy atom. The van der Waals surface area contributed by atoms with Crippen molar-refractivity contribution in [1.82, 2.24) is 9.55 Å². The third kappa shape index (κ3) is 5.09. The Bertz CT molecular complexity index is 1260. The van der Waals surface area contributed by atoms with E-state index in [1.54, 1.807) is 32.9 Å². The molecule has 0 bridgehead atoms. The highest BCUT2D eigenvalue weighted by molar-refractivity contribution is 6.30. The summed E-state index contributed by atoms with van der Waals surface area (Å²) in [6.45, 7) is 5.23. The number of nitrogens with zero attached hydrogens (tertiary/aromatic N) is 2. The van der Waals surface area contributed by atoms with E-state index >= 15 is 0 Å². The molecular weight excluding hydrogens is 485 g/mol. The Kier molecular flexibility index (Phi) is 7.09. The average molecular weight is 514 g/mol. The van der Waals surface area contributed by atoms with Gasteiger partial charge in [0.05, 0.1) is 18.2 Å². The molecule has 0 atom stereocenters. The van der Waals surface area contributed by atoms with Crippen molar-refractivity contribution in [3.63, 3.8) is 0 Å². The van der Waals surface area contributed by atoms with E-state index in [0.29, 0.717) is 23.6 Å². The molecule has 0 unspecified atom stereocenters. The zero-order valence-electron chi connectivity index (χ0n) is 20.7. The third-order valence-corrected chi connectivity index (χ3v) is 6.48. The van der Waals surface area contributed by atoms with E-state index in [1.165, 1.54) is 35.9 Å². The fourth-order valence-corrected chi connectivity index (χ4v) is 4.72. The second-order valence-corrected chi connectivity index (χ2v) is 10.3. The molecule has 1 amide bonds. The highest BCUT2D eigenvalue weighted by atomic mass is 35.5. The Hall–Kier alpha value is -3.39. The van der Waals surface area contributed by atoms with Gasteiger partial charge in [-0.15, -0.1) is 0 Å². The lowest BCUT2D eigenvalue weighted by molar-refractivity contribution is -0.121. The monoisotopic (exact) mass is 513 g/mol. The van der Waals surface area contributed by atoms with Crippen LogP contribution in [-0.2, 0) is 14.9 Å². The topological polar surface area (TPSA) is 82.4 Å². The second-order valence-electron chi connectivity index (χ2n) is 9.86. The zero-order valence-corrected chi connectivity index (χ0v) is 21.5. The molecule has 1 aliphatic rings. The summed E-state index contributed by atoms with van der Waals surface area (Å²) in [5, 5.41) is 3.48. The number of benzene rings is 2. The summed E-state index contributed by atoms with van der Waals surface area (Å²) in [6.07, 6.45) is 3.08. The predicted octanol–water partition coefficient (Wildman–Crippen LogP) is 6.08. The van der Waals surface area contributed by atoms with Crippen molar-refractivity contribution in [1.29, 1.82) is 0 Å². The minimum Gasteiger partial charge on any atom is -0.468 e. The number of amides is 1. The fourth-order valence-electron chi connectivity index (χ4n) is 4.59. The first-order chi connectivity index (χ1) is 17.0. The zero-order chi connectivity index (χ0) is 26.1. The van der Waals surface area contributed by atoms with Gasteiger partial charge in [-0.25, -0.2) is 9.18 Å². The summed E-state index contributed by atoms with van der Waals surface area (Å²) in [7, 11) is 1.40. The van der Waals surface area contributed by atoms with Crippen molar-refractivity contribution in [3.8, 4) is 11.7 Å². The maximum Gasteiger partial charge on any atom is 0.359 e. The van der Waals surface area contributed by atoms with Gasteiger partial charge in [0.15, 0.2) is 11.5 Å². The average Bonchev–Trinajstić information content (AvgIpc) is 3.45. The van der Waals surface area contributed by atoms with Crippen LogP contribution in [0, 0.1) is 5.82 Å². The first-order valence-corrected chi connectivity index (χ1v) is 12.2. The number of carbonyl (C=O) groups excluding carboxylic acids is 2. The van der Waals surface area contributed by atoms with Gasteiger partial charge >= 0.3 is 12.0 Å². The number of methoxy groups -OCH3 is 1. The van der Waals surface area contributed by atoms with Crippen molar-refractivity contribution >= 4 is 29.3 Å². The quantitative estimate of drug-likeness (QED) is 0.404. The number of esters is 1. The molecule has 1 N–H and O–H groups in total. The van der Waals surface area contributed by atoms with Crippen LogP contribution >= 0.6 is 11.6 Å². The highest BCUT2D eigenvalue weighted by Crippen LogP contribution is 2.43. The first kappa shape index (κ1) is 25.7. The molecular formula is C27H29ClFN3O4. The van der Waals surface area contributed by atoms with Gasteiger partial charge in [0, 0.05) is 5.02 Å². The van der Waals surface area contributed by atoms with Gasteiger partial charge < -0.3 is 14.8 Å². The summed E-state index contributed by atoms with van der Waals surface area (Å²) in [6, 6.07) is 12.8. The van der Waals surface area contributed by atoms with Gasteiger partial charge in [0.25, 0.3) is 0 Å². The Morgan fingerprint density at radius 3 is 2.22 bits per heavy atom. The van der Waals surface area contributed by atoms with Gasteiger partial charge in [-0.3, -0.25) is 9.36 Å². The highest BCUT2D eigenvalue weighted by Gasteiger charge is 2.44. The fraction of sp³-hybridized carbons (Fsp3) is 0.370. The van der Waals surface area contributed by atoms with Crippen LogP contribution in [0.15, 0.2) is 48.5 Å². The normalized spacial score (nSPS) is 14.9. The maximum absolute atomic E-state index is 13.8. The summed E-state index contributed by atoms with van der Waals surface area (Å²) >= 11 is 6.08. The number of anilines is 1. The van der Waals surface area contributed by atoms with Crippen molar-refractivity contribution < 1.29 is 23.5 Å². The van der Waals surface area contributed by atoms with Crippen LogP contribution in [0.3, 0.4) is 0 Å². The molecule has 36 heavy (non-hydrogen) atoms. The summed E-state index contributed by atoms with van der Waals surface area (Å²) < 4.78 is 26.1. The lowest BCUT2D eigenvalue weighted by atomic mass is 9.78. The number of ether oxygens (including phenoxy) is 2. The molecule has 9 heteroatoms. The van der Waals surface area contributed by atoms with Crippen LogP contribution in [0.2, 0.25) is 5.02 Å². The standard InChI is InChI=1S/C27H29ClFN3O4/c1-26(2,3)36-23(33)21-22(31-25(35-4)32(21)20-13-11-19(29)12-14-20)30-24(34)27(15-5-6-16-27)17-7-9-18(28)10-8-17/h7-14H,5-6,15-16H2,1-4H3,(H,30,34). The van der Waals surface area contributed by atoms with Gasteiger partial charge in [-0.05, 0) is 75.6 Å². The van der Waals surface area contributed by atoms with E-state index in [4.69, 9.17) is 21.1 Å². The molecule has 1 fully saturated rings. The van der Waals surface area contributed by atoms with E-state index in [2.05, 4.69) is 10.3 Å². The summed E-state index contributed by atoms with van der Waals surface area (Å²) in [4.78, 5) is 31.6. The van der Waals surface area contributed by atoms with Crippen LogP contribution < -0.4 is 10.1 Å². The second kappa shape index (κ2) is 9.93. The Labute approximate surface area is 214 Å². The SMILES string of the molecule is COc1nc(NC(=O)C2(c3ccc(Cl)cc3)CCCC2)c(C(=O)OC(C)(C)C)n1-c1ccc(F)cc1. The largest absolute Gasteiger partial charge is 0.468 e. The summed E-state index contributed by atoms with van der Waals surface area (Å²) in [5.74, 6) is -1.41. The van der Waals surface area contributed by atoms with E-state index in [0.717, 1.165) is 18.4 Å². The molecule has 2 aromatic carbocycles. The molecule has 0 spiro atoms. The molecule has 4 rings (SSSR count). The molecule has 1 saturated carbocycles. The molecule has 0 radical (unpaired) electrons. The lowest BCUT2D eigenvalue weighted by Gasteiger charge is -2.28. The molecule has 0 saturated heterocycles. The van der Waals surface area contributed by atoms with Gasteiger partial charge in [0.2, 0.25) is 5.91 Å². The van der Waals surface area contributed by atoms with Gasteiger partial charge in [0.1, 0.15) is 11.4 Å². The summed E-state index contributed by atoms with van der Waals surface area (Å²) in [5.41, 5.74) is -0.339. The van der Waals surface area contributed by atoms with Crippen molar-refractivity contribution in [2.24, 2.45) is 0 Å². The molecule has 1 heterocycles. The van der Waals surface area contributed by atoms with E-state index in [9.17, 15) is 14.0 Å². The number of imidazole rings is 1. The van der Waals surface area contributed by atoms with Crippen molar-refractivity contribution in [3.05, 3.63) is 70.6 Å². The minimum atomic E-state index is -0.806. The molecule has 1 aromatic heterocycles. The van der Waals surface area contributed by atoms with E-state index in [1.807, 2.05) is 12.1 Å². The number of rotatable bonds is 6. The molecule has 190 valence electrons.